The minimum atomic E-state index is 0.543. The van der Waals surface area contributed by atoms with Crippen LogP contribution in [0.1, 0.15) is 72.9 Å². The molecule has 1 fully saturated rings. The van der Waals surface area contributed by atoms with Crippen LogP contribution in [0, 0.1) is 5.92 Å². The van der Waals surface area contributed by atoms with Crippen LogP contribution in [0.15, 0.2) is 0 Å². The Hall–Kier alpha value is -0.410. The van der Waals surface area contributed by atoms with Crippen LogP contribution >= 0.6 is 11.3 Å². The second-order valence-electron chi connectivity index (χ2n) is 6.14. The summed E-state index contributed by atoms with van der Waals surface area (Å²) in [6.07, 6.45) is 9.26. The number of thiazole rings is 1. The molecule has 0 aromatic carbocycles. The molecule has 0 aliphatic heterocycles. The average Bonchev–Trinajstić information content (AvgIpc) is 2.83. The first-order chi connectivity index (χ1) is 8.78. The molecule has 100 valence electrons. The van der Waals surface area contributed by atoms with Crippen LogP contribution in [-0.2, 0) is 6.42 Å². The standard InChI is InChI=1S/C15H24N2S/c1-10-5-7-11(8-6-10)15-17-14-12(9-16)3-2-4-13(14)18-15/h10-12H,2-9,16H2,1H3. The van der Waals surface area contributed by atoms with E-state index in [0.29, 0.717) is 5.92 Å². The maximum Gasteiger partial charge on any atom is 0.0962 e. The Balaban J connectivity index is 1.80. The van der Waals surface area contributed by atoms with Crippen molar-refractivity contribution in [3.8, 4) is 0 Å². The van der Waals surface area contributed by atoms with Gasteiger partial charge >= 0.3 is 0 Å². The Morgan fingerprint density at radius 3 is 2.72 bits per heavy atom. The zero-order valence-electron chi connectivity index (χ0n) is 11.3. The van der Waals surface area contributed by atoms with E-state index in [4.69, 9.17) is 10.7 Å². The molecule has 2 aliphatic rings. The van der Waals surface area contributed by atoms with Gasteiger partial charge in [-0.2, -0.15) is 0 Å². The molecule has 2 N–H and O–H groups in total. The van der Waals surface area contributed by atoms with Gasteiger partial charge in [0.1, 0.15) is 0 Å². The number of rotatable bonds is 2. The van der Waals surface area contributed by atoms with E-state index >= 15 is 0 Å². The smallest absolute Gasteiger partial charge is 0.0962 e. The zero-order chi connectivity index (χ0) is 12.5. The van der Waals surface area contributed by atoms with E-state index in [1.165, 1.54) is 55.6 Å². The van der Waals surface area contributed by atoms with Crippen LogP contribution in [0.2, 0.25) is 0 Å². The first-order valence-electron chi connectivity index (χ1n) is 7.47. The van der Waals surface area contributed by atoms with Crippen molar-refractivity contribution in [3.63, 3.8) is 0 Å². The maximum atomic E-state index is 5.89. The van der Waals surface area contributed by atoms with Crippen molar-refractivity contribution in [1.82, 2.24) is 4.98 Å². The van der Waals surface area contributed by atoms with Gasteiger partial charge in [-0.3, -0.25) is 0 Å². The monoisotopic (exact) mass is 264 g/mol. The molecule has 1 heterocycles. The van der Waals surface area contributed by atoms with Crippen molar-refractivity contribution in [3.05, 3.63) is 15.6 Å². The van der Waals surface area contributed by atoms with Crippen molar-refractivity contribution >= 4 is 11.3 Å². The summed E-state index contributed by atoms with van der Waals surface area (Å²) >= 11 is 2.00. The number of hydrogen-bond acceptors (Lipinski definition) is 3. The molecule has 0 amide bonds. The molecule has 3 rings (SSSR count). The summed E-state index contributed by atoms with van der Waals surface area (Å²) in [7, 11) is 0. The lowest BCUT2D eigenvalue weighted by atomic mass is 9.83. The molecule has 2 aliphatic carbocycles. The number of nitrogens with zero attached hydrogens (tertiary/aromatic N) is 1. The van der Waals surface area contributed by atoms with Crippen molar-refractivity contribution in [2.75, 3.05) is 6.54 Å². The van der Waals surface area contributed by atoms with Crippen molar-refractivity contribution in [2.45, 2.75) is 63.7 Å². The lowest BCUT2D eigenvalue weighted by Crippen LogP contribution is -2.18. The molecule has 1 atom stereocenters. The lowest BCUT2D eigenvalue weighted by molar-refractivity contribution is 0.347. The van der Waals surface area contributed by atoms with E-state index in [1.807, 2.05) is 11.3 Å². The third kappa shape index (κ3) is 2.35. The summed E-state index contributed by atoms with van der Waals surface area (Å²) < 4.78 is 0. The molecular formula is C15H24N2S. The minimum absolute atomic E-state index is 0.543. The molecular weight excluding hydrogens is 240 g/mol. The summed E-state index contributed by atoms with van der Waals surface area (Å²) in [6, 6.07) is 0. The first-order valence-corrected chi connectivity index (χ1v) is 8.29. The number of hydrogen-bond donors (Lipinski definition) is 1. The van der Waals surface area contributed by atoms with E-state index < -0.39 is 0 Å². The zero-order valence-corrected chi connectivity index (χ0v) is 12.1. The first kappa shape index (κ1) is 12.6. The molecule has 2 nitrogen and oxygen atoms in total. The highest BCUT2D eigenvalue weighted by molar-refractivity contribution is 7.11. The molecule has 0 radical (unpaired) electrons. The molecule has 1 unspecified atom stereocenters. The molecule has 0 bridgehead atoms. The molecule has 3 heteroatoms. The summed E-state index contributed by atoms with van der Waals surface area (Å²) in [5.41, 5.74) is 7.25. The Morgan fingerprint density at radius 1 is 1.22 bits per heavy atom. The predicted octanol–water partition coefficient (Wildman–Crippen LogP) is 3.82. The van der Waals surface area contributed by atoms with Gasteiger partial charge < -0.3 is 5.73 Å². The number of aryl methyl sites for hydroxylation is 1. The Morgan fingerprint density at radius 2 is 2.00 bits per heavy atom. The summed E-state index contributed by atoms with van der Waals surface area (Å²) in [4.78, 5) is 6.54. The van der Waals surface area contributed by atoms with E-state index in [2.05, 4.69) is 6.92 Å². The Bertz CT molecular complexity index is 405. The molecule has 0 spiro atoms. The minimum Gasteiger partial charge on any atom is -0.330 e. The summed E-state index contributed by atoms with van der Waals surface area (Å²) in [5, 5.41) is 1.42. The lowest BCUT2D eigenvalue weighted by Gasteiger charge is -2.24. The average molecular weight is 264 g/mol. The number of aromatic nitrogens is 1. The fourth-order valence-corrected chi connectivity index (χ4v) is 4.80. The highest BCUT2D eigenvalue weighted by atomic mass is 32.1. The van der Waals surface area contributed by atoms with Gasteiger partial charge in [0.2, 0.25) is 0 Å². The fourth-order valence-electron chi connectivity index (χ4n) is 3.44. The van der Waals surface area contributed by atoms with Crippen LogP contribution in [0.3, 0.4) is 0 Å². The van der Waals surface area contributed by atoms with E-state index in [9.17, 15) is 0 Å². The quantitative estimate of drug-likeness (QED) is 0.882. The van der Waals surface area contributed by atoms with Crippen molar-refractivity contribution in [1.29, 1.82) is 0 Å². The molecule has 1 saturated carbocycles. The fraction of sp³-hybridized carbons (Fsp3) is 0.800. The SMILES string of the molecule is CC1CCC(c2nc3c(s2)CCCC3CN)CC1. The number of nitrogens with two attached hydrogens (primary N) is 1. The van der Waals surface area contributed by atoms with Gasteiger partial charge in [0.25, 0.3) is 0 Å². The molecule has 18 heavy (non-hydrogen) atoms. The molecule has 1 aromatic heterocycles. The van der Waals surface area contributed by atoms with Crippen LogP contribution < -0.4 is 5.73 Å². The summed E-state index contributed by atoms with van der Waals surface area (Å²) in [5.74, 6) is 2.21. The second-order valence-corrected chi connectivity index (χ2v) is 7.26. The predicted molar refractivity (Wildman–Crippen MR) is 77.2 cm³/mol. The van der Waals surface area contributed by atoms with Gasteiger partial charge in [-0.15, -0.1) is 11.3 Å². The Labute approximate surface area is 114 Å². The van der Waals surface area contributed by atoms with Crippen molar-refractivity contribution < 1.29 is 0 Å². The molecule has 0 saturated heterocycles. The highest BCUT2D eigenvalue weighted by Gasteiger charge is 2.28. The van der Waals surface area contributed by atoms with Gasteiger partial charge in [-0.1, -0.05) is 19.8 Å². The number of fused-ring (bicyclic) bond motifs is 1. The second kappa shape index (κ2) is 5.30. The topological polar surface area (TPSA) is 38.9 Å². The van der Waals surface area contributed by atoms with Crippen LogP contribution in [0.25, 0.3) is 0 Å². The van der Waals surface area contributed by atoms with Gasteiger partial charge in [-0.05, 0) is 38.0 Å². The van der Waals surface area contributed by atoms with E-state index in [0.717, 1.165) is 18.4 Å². The Kier molecular flexibility index (Phi) is 3.71. The van der Waals surface area contributed by atoms with Gasteiger partial charge in [-0.25, -0.2) is 4.98 Å². The summed E-state index contributed by atoms with van der Waals surface area (Å²) in [6.45, 7) is 3.16. The molecule has 1 aromatic rings. The van der Waals surface area contributed by atoms with Gasteiger partial charge in [0.15, 0.2) is 0 Å². The largest absolute Gasteiger partial charge is 0.330 e. The van der Waals surface area contributed by atoms with E-state index in [1.54, 1.807) is 4.88 Å². The van der Waals surface area contributed by atoms with Crippen LogP contribution in [0.4, 0.5) is 0 Å². The van der Waals surface area contributed by atoms with Crippen LogP contribution in [0.5, 0.6) is 0 Å². The van der Waals surface area contributed by atoms with Gasteiger partial charge in [0, 0.05) is 23.3 Å². The third-order valence-corrected chi connectivity index (χ3v) is 6.03. The van der Waals surface area contributed by atoms with Crippen molar-refractivity contribution in [2.24, 2.45) is 11.7 Å². The normalized spacial score (nSPS) is 32.2. The highest BCUT2D eigenvalue weighted by Crippen LogP contribution is 2.41. The van der Waals surface area contributed by atoms with Crippen LogP contribution in [-0.4, -0.2) is 11.5 Å². The van der Waals surface area contributed by atoms with Gasteiger partial charge in [0.05, 0.1) is 10.7 Å². The maximum absolute atomic E-state index is 5.89. The van der Waals surface area contributed by atoms with E-state index in [-0.39, 0.29) is 0 Å². The third-order valence-electron chi connectivity index (χ3n) is 4.74.